The van der Waals surface area contributed by atoms with Gasteiger partial charge >= 0.3 is 0 Å². The largest absolute Gasteiger partial charge is 0.378 e. The molecule has 2 aromatic rings. The monoisotopic (exact) mass is 338 g/mol. The third-order valence-electron chi connectivity index (χ3n) is 4.31. The zero-order valence-electron chi connectivity index (χ0n) is 15.2. The minimum Gasteiger partial charge on any atom is -0.378 e. The number of anilines is 3. The SMILES string of the molecule is Cc1nc(N/N=C/c2ccc(N(C)C)cc2)cc(N2CCCCC2)n1. The molecule has 1 aliphatic heterocycles. The fourth-order valence-electron chi connectivity index (χ4n) is 2.93. The molecule has 0 amide bonds. The van der Waals surface area contributed by atoms with Gasteiger partial charge in [0.1, 0.15) is 11.6 Å². The lowest BCUT2D eigenvalue weighted by Crippen LogP contribution is -2.30. The molecular formula is C19H26N6. The fourth-order valence-corrected chi connectivity index (χ4v) is 2.93. The Bertz CT molecular complexity index is 717. The highest BCUT2D eigenvalue weighted by atomic mass is 15.3. The summed E-state index contributed by atoms with van der Waals surface area (Å²) in [5.41, 5.74) is 5.24. The number of hydrazone groups is 1. The molecule has 2 heterocycles. The topological polar surface area (TPSA) is 56.7 Å². The van der Waals surface area contributed by atoms with Gasteiger partial charge in [-0.25, -0.2) is 9.97 Å². The maximum atomic E-state index is 4.57. The standard InChI is InChI=1S/C19H26N6/c1-15-21-18(13-19(22-15)25-11-5-4-6-12-25)23-20-14-16-7-9-17(10-8-16)24(2)3/h7-10,13-14H,4-6,11-12H2,1-3H3,(H,21,22,23)/b20-14+. The van der Waals surface area contributed by atoms with E-state index in [1.807, 2.05) is 39.2 Å². The smallest absolute Gasteiger partial charge is 0.152 e. The van der Waals surface area contributed by atoms with Gasteiger partial charge < -0.3 is 9.80 Å². The predicted octanol–water partition coefficient (Wildman–Crippen LogP) is 3.29. The van der Waals surface area contributed by atoms with Crippen LogP contribution in [0.4, 0.5) is 17.3 Å². The Morgan fingerprint density at radius 1 is 1.08 bits per heavy atom. The van der Waals surface area contributed by atoms with Crippen LogP contribution in [0.1, 0.15) is 30.7 Å². The molecule has 1 aromatic carbocycles. The summed E-state index contributed by atoms with van der Waals surface area (Å²) in [5, 5.41) is 4.32. The van der Waals surface area contributed by atoms with Crippen LogP contribution in [0.5, 0.6) is 0 Å². The molecule has 0 atom stereocenters. The van der Waals surface area contributed by atoms with Crippen LogP contribution in [0, 0.1) is 6.92 Å². The average Bonchev–Trinajstić information content (AvgIpc) is 2.62. The number of benzene rings is 1. The number of nitrogens with one attached hydrogen (secondary N) is 1. The lowest BCUT2D eigenvalue weighted by Gasteiger charge is -2.27. The summed E-state index contributed by atoms with van der Waals surface area (Å²) in [6.45, 7) is 4.05. The average molecular weight is 338 g/mol. The van der Waals surface area contributed by atoms with Crippen LogP contribution in [0.15, 0.2) is 35.4 Å². The van der Waals surface area contributed by atoms with Gasteiger partial charge in [-0.15, -0.1) is 0 Å². The van der Waals surface area contributed by atoms with Crippen molar-refractivity contribution in [2.24, 2.45) is 5.10 Å². The third-order valence-corrected chi connectivity index (χ3v) is 4.31. The first-order valence-electron chi connectivity index (χ1n) is 8.79. The molecule has 1 saturated heterocycles. The highest BCUT2D eigenvalue weighted by Gasteiger charge is 2.13. The van der Waals surface area contributed by atoms with E-state index in [1.165, 1.54) is 24.9 Å². The molecule has 0 aliphatic carbocycles. The molecular weight excluding hydrogens is 312 g/mol. The summed E-state index contributed by atoms with van der Waals surface area (Å²) in [6, 6.07) is 10.2. The molecule has 25 heavy (non-hydrogen) atoms. The fraction of sp³-hybridized carbons (Fsp3) is 0.421. The number of hydrogen-bond donors (Lipinski definition) is 1. The molecule has 0 unspecified atom stereocenters. The van der Waals surface area contributed by atoms with Crippen LogP contribution in [0.2, 0.25) is 0 Å². The zero-order chi connectivity index (χ0) is 17.6. The third kappa shape index (κ3) is 4.68. The Hall–Kier alpha value is -2.63. The maximum absolute atomic E-state index is 4.57. The van der Waals surface area contributed by atoms with Crippen molar-refractivity contribution in [3.8, 4) is 0 Å². The molecule has 1 fully saturated rings. The van der Waals surface area contributed by atoms with Crippen LogP contribution in [-0.4, -0.2) is 43.4 Å². The quantitative estimate of drug-likeness (QED) is 0.670. The summed E-state index contributed by atoms with van der Waals surface area (Å²) in [5.74, 6) is 2.48. The van der Waals surface area contributed by atoms with Crippen molar-refractivity contribution in [1.29, 1.82) is 0 Å². The number of nitrogens with zero attached hydrogens (tertiary/aromatic N) is 5. The van der Waals surface area contributed by atoms with Crippen LogP contribution in [0.3, 0.4) is 0 Å². The Morgan fingerprint density at radius 3 is 2.48 bits per heavy atom. The highest BCUT2D eigenvalue weighted by Crippen LogP contribution is 2.20. The van der Waals surface area contributed by atoms with Gasteiger partial charge in [0.2, 0.25) is 0 Å². The van der Waals surface area contributed by atoms with E-state index < -0.39 is 0 Å². The molecule has 0 radical (unpaired) electrons. The second kappa shape index (κ2) is 7.96. The first-order chi connectivity index (χ1) is 12.1. The van der Waals surface area contributed by atoms with Gasteiger partial charge in [0.05, 0.1) is 6.21 Å². The maximum Gasteiger partial charge on any atom is 0.152 e. The van der Waals surface area contributed by atoms with Crippen molar-refractivity contribution in [3.05, 3.63) is 41.7 Å². The number of piperidine rings is 1. The summed E-state index contributed by atoms with van der Waals surface area (Å²) >= 11 is 0. The van der Waals surface area contributed by atoms with E-state index in [0.717, 1.165) is 36.1 Å². The summed E-state index contributed by atoms with van der Waals surface area (Å²) in [7, 11) is 4.06. The summed E-state index contributed by atoms with van der Waals surface area (Å²) in [4.78, 5) is 13.4. The van der Waals surface area contributed by atoms with Gasteiger partial charge in [-0.05, 0) is 43.9 Å². The summed E-state index contributed by atoms with van der Waals surface area (Å²) < 4.78 is 0. The molecule has 1 N–H and O–H groups in total. The molecule has 0 saturated carbocycles. The molecule has 1 aromatic heterocycles. The van der Waals surface area contributed by atoms with Crippen molar-refractivity contribution in [1.82, 2.24) is 9.97 Å². The van der Waals surface area contributed by atoms with E-state index in [2.05, 4.69) is 42.4 Å². The van der Waals surface area contributed by atoms with E-state index >= 15 is 0 Å². The van der Waals surface area contributed by atoms with Crippen LogP contribution < -0.4 is 15.2 Å². The molecule has 0 bridgehead atoms. The van der Waals surface area contributed by atoms with Crippen LogP contribution in [-0.2, 0) is 0 Å². The van der Waals surface area contributed by atoms with Gasteiger partial charge in [-0.3, -0.25) is 5.43 Å². The molecule has 0 spiro atoms. The molecule has 1 aliphatic rings. The number of rotatable bonds is 5. The second-order valence-corrected chi connectivity index (χ2v) is 6.56. The van der Waals surface area contributed by atoms with Crippen molar-refractivity contribution in [3.63, 3.8) is 0 Å². The Balaban J connectivity index is 1.66. The minimum absolute atomic E-state index is 0.731. The Kier molecular flexibility index (Phi) is 5.48. The Labute approximate surface area is 149 Å². The van der Waals surface area contributed by atoms with Gasteiger partial charge in [-0.1, -0.05) is 12.1 Å². The lowest BCUT2D eigenvalue weighted by molar-refractivity contribution is 0.572. The molecule has 6 nitrogen and oxygen atoms in total. The van der Waals surface area contributed by atoms with Crippen molar-refractivity contribution < 1.29 is 0 Å². The van der Waals surface area contributed by atoms with E-state index in [9.17, 15) is 0 Å². The van der Waals surface area contributed by atoms with Crippen LogP contribution >= 0.6 is 0 Å². The van der Waals surface area contributed by atoms with E-state index in [0.29, 0.717) is 0 Å². The first-order valence-corrected chi connectivity index (χ1v) is 8.79. The second-order valence-electron chi connectivity index (χ2n) is 6.56. The minimum atomic E-state index is 0.731. The predicted molar refractivity (Wildman–Crippen MR) is 105 cm³/mol. The molecule has 132 valence electrons. The first kappa shape index (κ1) is 17.2. The van der Waals surface area contributed by atoms with E-state index in [1.54, 1.807) is 6.21 Å². The highest BCUT2D eigenvalue weighted by molar-refractivity contribution is 5.80. The van der Waals surface area contributed by atoms with Crippen LogP contribution in [0.25, 0.3) is 0 Å². The number of aryl methyl sites for hydroxylation is 1. The summed E-state index contributed by atoms with van der Waals surface area (Å²) in [6.07, 6.45) is 5.57. The number of aromatic nitrogens is 2. The van der Waals surface area contributed by atoms with Crippen molar-refractivity contribution in [2.45, 2.75) is 26.2 Å². The Morgan fingerprint density at radius 2 is 1.80 bits per heavy atom. The van der Waals surface area contributed by atoms with Gasteiger partial charge in [-0.2, -0.15) is 5.10 Å². The van der Waals surface area contributed by atoms with E-state index in [-0.39, 0.29) is 0 Å². The van der Waals surface area contributed by atoms with Gasteiger partial charge in [0, 0.05) is 38.9 Å². The molecule has 6 heteroatoms. The van der Waals surface area contributed by atoms with Crippen molar-refractivity contribution in [2.75, 3.05) is 42.4 Å². The van der Waals surface area contributed by atoms with Gasteiger partial charge in [0.25, 0.3) is 0 Å². The van der Waals surface area contributed by atoms with Crippen molar-refractivity contribution >= 4 is 23.5 Å². The van der Waals surface area contributed by atoms with Gasteiger partial charge in [0.15, 0.2) is 5.82 Å². The van der Waals surface area contributed by atoms with E-state index in [4.69, 9.17) is 0 Å². The normalized spacial score (nSPS) is 14.8. The zero-order valence-corrected chi connectivity index (χ0v) is 15.2. The lowest BCUT2D eigenvalue weighted by atomic mass is 10.1. The number of hydrogen-bond acceptors (Lipinski definition) is 6. The molecule has 3 rings (SSSR count).